The molecule has 2 aromatic carbocycles. The number of hydrogen-bond donors (Lipinski definition) is 8. The molecule has 5 atom stereocenters. The van der Waals surface area contributed by atoms with Gasteiger partial charge in [0.1, 0.15) is 22.8 Å². The van der Waals surface area contributed by atoms with Gasteiger partial charge in [0, 0.05) is 23.5 Å². The first-order chi connectivity index (χ1) is 20.7. The van der Waals surface area contributed by atoms with E-state index in [4.69, 9.17) is 15.4 Å². The van der Waals surface area contributed by atoms with E-state index in [0.29, 0.717) is 0 Å². The van der Waals surface area contributed by atoms with E-state index in [1.165, 1.54) is 51.2 Å². The van der Waals surface area contributed by atoms with Gasteiger partial charge in [-0.15, -0.1) is 0 Å². The van der Waals surface area contributed by atoms with Crippen molar-refractivity contribution in [2.24, 2.45) is 17.6 Å². The number of fused-ring (bicyclic) bond motifs is 3. The van der Waals surface area contributed by atoms with Gasteiger partial charge in [-0.1, -0.05) is 12.1 Å². The van der Waals surface area contributed by atoms with Crippen molar-refractivity contribution in [2.75, 3.05) is 21.2 Å². The third kappa shape index (κ3) is 5.09. The minimum atomic E-state index is -4.24. The molecule has 1 amide bonds. The first-order valence-electron chi connectivity index (χ1n) is 13.3. The highest BCUT2D eigenvalue weighted by Gasteiger charge is 2.66. The fraction of sp³-hybridized carbons (Fsp3) is 0.345. The van der Waals surface area contributed by atoms with Gasteiger partial charge in [-0.25, -0.2) is 0 Å². The molecule has 9 N–H and O–H groups in total. The third-order valence-corrected chi connectivity index (χ3v) is 9.32. The average molecular weight is 649 g/mol. The van der Waals surface area contributed by atoms with Crippen LogP contribution in [0.5, 0.6) is 17.2 Å². The summed E-state index contributed by atoms with van der Waals surface area (Å²) in [5, 5.41) is 64.0. The van der Waals surface area contributed by atoms with Gasteiger partial charge < -0.3 is 41.1 Å². The molecule has 15 nitrogen and oxygen atoms in total. The molecule has 3 aliphatic carbocycles. The van der Waals surface area contributed by atoms with Crippen LogP contribution in [0.4, 0.5) is 0 Å². The highest BCUT2D eigenvalue weighted by Crippen LogP contribution is 2.57. The van der Waals surface area contributed by atoms with Crippen molar-refractivity contribution in [1.29, 1.82) is 0 Å². The number of ketones is 2. The zero-order valence-corrected chi connectivity index (χ0v) is 25.2. The van der Waals surface area contributed by atoms with Gasteiger partial charge in [0.05, 0.1) is 29.2 Å². The van der Waals surface area contributed by atoms with Crippen LogP contribution < -0.4 is 10.5 Å². The molecular formula is C29H32N2O13S. The van der Waals surface area contributed by atoms with E-state index in [1.807, 2.05) is 0 Å². The lowest BCUT2D eigenvalue weighted by Gasteiger charge is -2.53. The molecule has 0 spiro atoms. The number of rotatable bonds is 4. The second-order valence-electron chi connectivity index (χ2n) is 11.3. The van der Waals surface area contributed by atoms with E-state index in [-0.39, 0.29) is 33.9 Å². The largest absolute Gasteiger partial charge is 0.508 e. The van der Waals surface area contributed by atoms with Crippen LogP contribution in [0.2, 0.25) is 0 Å². The maximum absolute atomic E-state index is 13.7. The molecule has 1 saturated carbocycles. The zero-order valence-electron chi connectivity index (χ0n) is 24.4. The number of phenols is 2. The molecule has 0 bridgehead atoms. The number of benzene rings is 2. The molecule has 0 unspecified atom stereocenters. The number of amides is 1. The molecule has 2 aromatic rings. The first kappa shape index (κ1) is 33.4. The van der Waals surface area contributed by atoms with E-state index in [0.717, 1.165) is 18.2 Å². The fourth-order valence-electron chi connectivity index (χ4n) is 6.32. The van der Waals surface area contributed by atoms with Crippen molar-refractivity contribution in [3.8, 4) is 17.2 Å². The number of primary amides is 1. The van der Waals surface area contributed by atoms with Gasteiger partial charge in [-0.3, -0.25) is 23.8 Å². The maximum Gasteiger partial charge on any atom is 0.294 e. The molecule has 0 saturated heterocycles. The van der Waals surface area contributed by atoms with Crippen LogP contribution in [0.3, 0.4) is 0 Å². The van der Waals surface area contributed by atoms with Crippen molar-refractivity contribution in [3.63, 3.8) is 0 Å². The monoisotopic (exact) mass is 648 g/mol. The lowest BCUT2D eigenvalue weighted by molar-refractivity contribution is -0.159. The number of carbonyl (C=O) groups is 3. The number of ether oxygens (including phenoxy) is 1. The van der Waals surface area contributed by atoms with E-state index in [9.17, 15) is 48.3 Å². The second-order valence-corrected chi connectivity index (χ2v) is 12.7. The molecule has 0 aliphatic heterocycles. The topological polar surface area (TPSA) is 265 Å². The van der Waals surface area contributed by atoms with Crippen molar-refractivity contribution in [1.82, 2.24) is 4.90 Å². The Morgan fingerprint density at radius 1 is 1.04 bits per heavy atom. The smallest absolute Gasteiger partial charge is 0.294 e. The standard InChI is InChI=1S/C22H24N2O8.C7H8O5S/c1-21(31)8-5-4-6-11(25)12(8)16(26)13-9(21)7-10-15(24(2)3)17(27)14(20(23)30)19(29)22(10,32)18(13)28;1-12-7-4-5(13(9,10)11)2-3-6(7)8/h4-6,9-10,15,25-26,29,31-32H,7H2,1-3H3,(H2,23,30);2-4,8H,1H3,(H,9,10,11)/t9-,10-,15-,21+,22-;/m0./s1. The number of nitrogens with zero attached hydrogens (tertiary/aromatic N) is 1. The predicted molar refractivity (Wildman–Crippen MR) is 155 cm³/mol. The Kier molecular flexibility index (Phi) is 8.28. The summed E-state index contributed by atoms with van der Waals surface area (Å²) in [6.07, 6.45) is -0.200. The van der Waals surface area contributed by atoms with E-state index >= 15 is 0 Å². The summed E-state index contributed by atoms with van der Waals surface area (Å²) < 4.78 is 34.6. The van der Waals surface area contributed by atoms with Gasteiger partial charge in [-0.2, -0.15) is 8.42 Å². The molecule has 0 aromatic heterocycles. The number of nitrogens with two attached hydrogens (primary N) is 1. The summed E-state index contributed by atoms with van der Waals surface area (Å²) in [5.41, 5.74) is -0.548. The van der Waals surface area contributed by atoms with Crippen LogP contribution in [0.15, 0.2) is 58.2 Å². The highest BCUT2D eigenvalue weighted by molar-refractivity contribution is 7.85. The minimum absolute atomic E-state index is 0.00451. The number of carbonyl (C=O) groups excluding carboxylic acids is 3. The quantitative estimate of drug-likeness (QED) is 0.163. The number of aromatic hydroxyl groups is 2. The number of aliphatic hydroxyl groups is 4. The van der Waals surface area contributed by atoms with E-state index in [2.05, 4.69) is 4.74 Å². The zero-order chi connectivity index (χ0) is 34.0. The minimum Gasteiger partial charge on any atom is -0.508 e. The Morgan fingerprint density at radius 3 is 2.20 bits per heavy atom. The van der Waals surface area contributed by atoms with Gasteiger partial charge >= 0.3 is 0 Å². The summed E-state index contributed by atoms with van der Waals surface area (Å²) in [5.74, 6) is -8.09. The summed E-state index contributed by atoms with van der Waals surface area (Å²) in [7, 11) is 0.0445. The number of aliphatic hydroxyl groups excluding tert-OH is 2. The summed E-state index contributed by atoms with van der Waals surface area (Å²) in [4.78, 5) is 39.7. The van der Waals surface area contributed by atoms with E-state index in [1.54, 1.807) is 0 Å². The third-order valence-electron chi connectivity index (χ3n) is 8.47. The number of Topliss-reactive ketones (excluding diaryl/α,β-unsaturated/α-hetero) is 2. The van der Waals surface area contributed by atoms with Crippen molar-refractivity contribution < 1.29 is 62.7 Å². The van der Waals surface area contributed by atoms with Crippen LogP contribution in [0.25, 0.3) is 5.76 Å². The molecule has 5 rings (SSSR count). The molecular weight excluding hydrogens is 616 g/mol. The molecule has 242 valence electrons. The van der Waals surface area contributed by atoms with Gasteiger partial charge in [0.2, 0.25) is 5.78 Å². The van der Waals surface area contributed by atoms with Crippen molar-refractivity contribution in [2.45, 2.75) is 35.5 Å². The molecule has 1 fully saturated rings. The number of methoxy groups -OCH3 is 1. The molecule has 45 heavy (non-hydrogen) atoms. The molecule has 0 radical (unpaired) electrons. The second kappa shape index (κ2) is 11.1. The van der Waals surface area contributed by atoms with Crippen LogP contribution >= 0.6 is 0 Å². The van der Waals surface area contributed by atoms with Crippen LogP contribution in [0.1, 0.15) is 24.5 Å². The number of phenolic OH excluding ortho intramolecular Hbond substituents is 2. The normalized spacial score (nSPS) is 27.7. The Balaban J connectivity index is 0.000000297. The van der Waals surface area contributed by atoms with Crippen molar-refractivity contribution in [3.05, 3.63) is 64.4 Å². The Morgan fingerprint density at radius 2 is 1.67 bits per heavy atom. The SMILES string of the molecule is CN(C)[C@@H]1C(=O)C(C(N)=O)=C(O)[C@@]2(O)C(=O)C3=C(O)c4c(O)cccc4[C@@](C)(O)[C@H]3C[C@@H]12.COc1cc(S(=O)(=O)O)ccc1O. The highest BCUT2D eigenvalue weighted by atomic mass is 32.2. The molecule has 0 heterocycles. The van der Waals surface area contributed by atoms with Crippen LogP contribution in [-0.2, 0) is 30.1 Å². The Bertz CT molecular complexity index is 1790. The molecule has 3 aliphatic rings. The van der Waals surface area contributed by atoms with E-state index < -0.39 is 85.1 Å². The lowest BCUT2D eigenvalue weighted by atomic mass is 9.54. The first-order valence-corrected chi connectivity index (χ1v) is 14.7. The molecule has 16 heteroatoms. The lowest BCUT2D eigenvalue weighted by Crippen LogP contribution is -2.67. The van der Waals surface area contributed by atoms with Gasteiger partial charge in [-0.05, 0) is 51.2 Å². The van der Waals surface area contributed by atoms with Crippen LogP contribution in [-0.4, -0.2) is 98.8 Å². The average Bonchev–Trinajstić information content (AvgIpc) is 2.93. The van der Waals surface area contributed by atoms with Gasteiger partial charge in [0.15, 0.2) is 22.9 Å². The summed E-state index contributed by atoms with van der Waals surface area (Å²) in [6.45, 7) is 1.40. The predicted octanol–water partition coefficient (Wildman–Crippen LogP) is 0.277. The Hall–Kier alpha value is -4.48. The Labute approximate surface area is 256 Å². The fourth-order valence-corrected chi connectivity index (χ4v) is 6.82. The van der Waals surface area contributed by atoms with Crippen LogP contribution in [0, 0.1) is 11.8 Å². The maximum atomic E-state index is 13.7. The van der Waals surface area contributed by atoms with Crippen molar-refractivity contribution >= 4 is 33.4 Å². The summed E-state index contributed by atoms with van der Waals surface area (Å²) >= 11 is 0. The number of likely N-dealkylation sites (N-methyl/N-ethyl adjacent to an activating group) is 1. The van der Waals surface area contributed by atoms with Gasteiger partial charge in [0.25, 0.3) is 16.0 Å². The number of hydrogen-bond acceptors (Lipinski definition) is 13. The summed E-state index contributed by atoms with van der Waals surface area (Å²) in [6, 6.07) is 6.25.